The number of anilines is 1. The number of unbranched alkanes of at least 4 members (excludes halogenated alkanes) is 1. The third-order valence-corrected chi connectivity index (χ3v) is 3.55. The molecule has 0 bridgehead atoms. The maximum absolute atomic E-state index is 12.0. The van der Waals surface area contributed by atoms with Crippen molar-refractivity contribution in [1.29, 1.82) is 0 Å². The first kappa shape index (κ1) is 24.3. The number of hydrogen-bond donors (Lipinski definition) is 2. The zero-order valence-corrected chi connectivity index (χ0v) is 16.1. The van der Waals surface area contributed by atoms with Crippen molar-refractivity contribution < 1.29 is 4.79 Å². The van der Waals surface area contributed by atoms with Crippen molar-refractivity contribution >= 4 is 36.4 Å². The molecule has 134 valence electrons. The molecule has 0 aliphatic rings. The fourth-order valence-electron chi connectivity index (χ4n) is 2.21. The van der Waals surface area contributed by atoms with E-state index in [9.17, 15) is 4.79 Å². The number of hydrogen-bond acceptors (Lipinski definition) is 3. The third kappa shape index (κ3) is 9.04. The van der Waals surface area contributed by atoms with Crippen LogP contribution in [0, 0.1) is 0 Å². The van der Waals surface area contributed by atoms with Gasteiger partial charge in [0, 0.05) is 30.9 Å². The Morgan fingerprint density at radius 2 is 1.70 bits per heavy atom. The van der Waals surface area contributed by atoms with E-state index in [1.165, 1.54) is 18.5 Å². The van der Waals surface area contributed by atoms with Crippen molar-refractivity contribution in [2.45, 2.75) is 33.1 Å². The molecular weight excluding hydrogens is 333 g/mol. The van der Waals surface area contributed by atoms with E-state index in [4.69, 9.17) is 0 Å². The van der Waals surface area contributed by atoms with Crippen LogP contribution in [0.5, 0.6) is 0 Å². The number of amides is 1. The van der Waals surface area contributed by atoms with Gasteiger partial charge in [-0.05, 0) is 57.6 Å². The van der Waals surface area contributed by atoms with E-state index < -0.39 is 0 Å². The molecule has 0 fully saturated rings. The van der Waals surface area contributed by atoms with Gasteiger partial charge in [-0.15, -0.1) is 24.8 Å². The summed E-state index contributed by atoms with van der Waals surface area (Å²) in [5.74, 6) is 0.00857. The van der Waals surface area contributed by atoms with Crippen LogP contribution in [0.15, 0.2) is 24.3 Å². The minimum absolute atomic E-state index is 0. The van der Waals surface area contributed by atoms with Crippen molar-refractivity contribution in [1.82, 2.24) is 10.6 Å². The van der Waals surface area contributed by atoms with E-state index in [-0.39, 0.29) is 30.7 Å². The Balaban J connectivity index is 0. The summed E-state index contributed by atoms with van der Waals surface area (Å²) in [6.45, 7) is 8.06. The second-order valence-electron chi connectivity index (χ2n) is 5.19. The molecule has 2 N–H and O–H groups in total. The highest BCUT2D eigenvalue weighted by Crippen LogP contribution is 2.16. The van der Waals surface area contributed by atoms with Crippen LogP contribution in [0.3, 0.4) is 0 Å². The lowest BCUT2D eigenvalue weighted by molar-refractivity contribution is 0.0953. The van der Waals surface area contributed by atoms with Crippen molar-refractivity contribution in [2.24, 2.45) is 0 Å². The van der Waals surface area contributed by atoms with Crippen molar-refractivity contribution in [3.63, 3.8) is 0 Å². The highest BCUT2D eigenvalue weighted by atomic mass is 35.5. The predicted octanol–water partition coefficient (Wildman–Crippen LogP) is 3.50. The molecule has 1 rings (SSSR count). The van der Waals surface area contributed by atoms with Crippen LogP contribution < -0.4 is 15.5 Å². The van der Waals surface area contributed by atoms with E-state index in [0.717, 1.165) is 31.6 Å². The van der Waals surface area contributed by atoms with Gasteiger partial charge < -0.3 is 15.5 Å². The van der Waals surface area contributed by atoms with Gasteiger partial charge in [0.15, 0.2) is 0 Å². The van der Waals surface area contributed by atoms with Crippen LogP contribution in [-0.4, -0.2) is 39.1 Å². The molecule has 23 heavy (non-hydrogen) atoms. The van der Waals surface area contributed by atoms with Crippen molar-refractivity contribution in [2.75, 3.05) is 38.1 Å². The Bertz CT molecular complexity index is 413. The topological polar surface area (TPSA) is 44.4 Å². The highest BCUT2D eigenvalue weighted by Gasteiger charge is 2.07. The molecule has 1 aromatic carbocycles. The van der Waals surface area contributed by atoms with Gasteiger partial charge >= 0.3 is 0 Å². The molecule has 1 aromatic rings. The standard InChI is InChI=1S/C17H29N3O.2ClH/c1-4-6-14-20(5-2)16-10-8-15(9-11-16)17(21)19-13-7-12-18-3;;/h8-11,18H,4-7,12-14H2,1-3H3,(H,19,21);2*1H. The van der Waals surface area contributed by atoms with Crippen LogP contribution >= 0.6 is 24.8 Å². The number of halogens is 2. The average Bonchev–Trinajstić information content (AvgIpc) is 2.52. The van der Waals surface area contributed by atoms with E-state index in [2.05, 4.69) is 29.4 Å². The molecule has 0 radical (unpaired) electrons. The molecule has 1 amide bonds. The summed E-state index contributed by atoms with van der Waals surface area (Å²) < 4.78 is 0. The fraction of sp³-hybridized carbons (Fsp3) is 0.588. The quantitative estimate of drug-likeness (QED) is 0.625. The number of nitrogens with zero attached hydrogens (tertiary/aromatic N) is 1. The molecular formula is C17H31Cl2N3O. The molecule has 4 nitrogen and oxygen atoms in total. The second-order valence-corrected chi connectivity index (χ2v) is 5.19. The van der Waals surface area contributed by atoms with Crippen molar-refractivity contribution in [3.8, 4) is 0 Å². The average molecular weight is 364 g/mol. The van der Waals surface area contributed by atoms with E-state index in [1.807, 2.05) is 31.3 Å². The predicted molar refractivity (Wildman–Crippen MR) is 105 cm³/mol. The molecule has 0 spiro atoms. The number of nitrogens with one attached hydrogen (secondary N) is 2. The molecule has 0 unspecified atom stereocenters. The van der Waals surface area contributed by atoms with Crippen LogP contribution in [0.25, 0.3) is 0 Å². The Hall–Kier alpha value is -0.970. The molecule has 6 heteroatoms. The maximum atomic E-state index is 12.0. The largest absolute Gasteiger partial charge is 0.372 e. The van der Waals surface area contributed by atoms with E-state index in [1.54, 1.807) is 0 Å². The zero-order chi connectivity index (χ0) is 15.5. The van der Waals surface area contributed by atoms with Gasteiger partial charge in [0.1, 0.15) is 0 Å². The van der Waals surface area contributed by atoms with E-state index >= 15 is 0 Å². The van der Waals surface area contributed by atoms with Gasteiger partial charge in [-0.25, -0.2) is 0 Å². The lowest BCUT2D eigenvalue weighted by atomic mass is 10.1. The normalized spacial score (nSPS) is 9.52. The summed E-state index contributed by atoms with van der Waals surface area (Å²) in [6, 6.07) is 7.91. The molecule has 0 aliphatic carbocycles. The highest BCUT2D eigenvalue weighted by molar-refractivity contribution is 5.94. The molecule has 0 atom stereocenters. The number of carbonyl (C=O) groups is 1. The first-order chi connectivity index (χ1) is 10.2. The molecule has 0 saturated heterocycles. The van der Waals surface area contributed by atoms with Gasteiger partial charge in [-0.2, -0.15) is 0 Å². The SMILES string of the molecule is CCCCN(CC)c1ccc(C(=O)NCCCNC)cc1.Cl.Cl. The number of carbonyl (C=O) groups excluding carboxylic acids is 1. The fourth-order valence-corrected chi connectivity index (χ4v) is 2.21. The van der Waals surface area contributed by atoms with Gasteiger partial charge in [0.25, 0.3) is 5.91 Å². The smallest absolute Gasteiger partial charge is 0.251 e. The summed E-state index contributed by atoms with van der Waals surface area (Å²) in [4.78, 5) is 14.3. The van der Waals surface area contributed by atoms with Crippen LogP contribution in [0.4, 0.5) is 5.69 Å². The van der Waals surface area contributed by atoms with Gasteiger partial charge in [0.2, 0.25) is 0 Å². The number of benzene rings is 1. The molecule has 0 aliphatic heterocycles. The minimum Gasteiger partial charge on any atom is -0.372 e. The Labute approximate surface area is 153 Å². The lowest BCUT2D eigenvalue weighted by Crippen LogP contribution is -2.27. The monoisotopic (exact) mass is 363 g/mol. The summed E-state index contributed by atoms with van der Waals surface area (Å²) in [6.07, 6.45) is 3.34. The van der Waals surface area contributed by atoms with Gasteiger partial charge in [-0.1, -0.05) is 13.3 Å². The molecule has 0 saturated carbocycles. The third-order valence-electron chi connectivity index (χ3n) is 3.55. The maximum Gasteiger partial charge on any atom is 0.251 e. The second kappa shape index (κ2) is 14.6. The van der Waals surface area contributed by atoms with Gasteiger partial charge in [0.05, 0.1) is 0 Å². The first-order valence-electron chi connectivity index (χ1n) is 8.00. The summed E-state index contributed by atoms with van der Waals surface area (Å²) in [5, 5.41) is 6.01. The molecule has 0 heterocycles. The summed E-state index contributed by atoms with van der Waals surface area (Å²) in [5.41, 5.74) is 1.92. The lowest BCUT2D eigenvalue weighted by Gasteiger charge is -2.23. The Morgan fingerprint density at radius 3 is 2.22 bits per heavy atom. The number of rotatable bonds is 10. The van der Waals surface area contributed by atoms with Crippen LogP contribution in [-0.2, 0) is 0 Å². The van der Waals surface area contributed by atoms with Gasteiger partial charge in [-0.3, -0.25) is 4.79 Å². The van der Waals surface area contributed by atoms with E-state index in [0.29, 0.717) is 6.54 Å². The zero-order valence-electron chi connectivity index (χ0n) is 14.4. The Kier molecular flexibility index (Phi) is 15.4. The summed E-state index contributed by atoms with van der Waals surface area (Å²) >= 11 is 0. The first-order valence-corrected chi connectivity index (χ1v) is 8.00. The minimum atomic E-state index is 0. The van der Waals surface area contributed by atoms with Crippen molar-refractivity contribution in [3.05, 3.63) is 29.8 Å². The molecule has 0 aromatic heterocycles. The Morgan fingerprint density at radius 1 is 1.04 bits per heavy atom. The van der Waals surface area contributed by atoms with Crippen LogP contribution in [0.2, 0.25) is 0 Å². The van der Waals surface area contributed by atoms with Crippen LogP contribution in [0.1, 0.15) is 43.5 Å². The summed E-state index contributed by atoms with van der Waals surface area (Å²) in [7, 11) is 1.92.